The van der Waals surface area contributed by atoms with E-state index in [9.17, 15) is 0 Å². The van der Waals surface area contributed by atoms with Crippen LogP contribution in [0, 0.1) is 0 Å². The minimum atomic E-state index is 0.608. The predicted molar refractivity (Wildman–Crippen MR) is 200 cm³/mol. The van der Waals surface area contributed by atoms with E-state index in [2.05, 4.69) is 103 Å². The van der Waals surface area contributed by atoms with Crippen LogP contribution in [0.4, 0.5) is 0 Å². The van der Waals surface area contributed by atoms with E-state index in [1.165, 1.54) is 0 Å². The van der Waals surface area contributed by atoms with Gasteiger partial charge in [-0.2, -0.15) is 0 Å². The largest absolute Gasteiger partial charge is 0.435 e. The van der Waals surface area contributed by atoms with Crippen LogP contribution in [0.15, 0.2) is 180 Å². The maximum atomic E-state index is 6.55. The zero-order valence-corrected chi connectivity index (χ0v) is 26.5. The summed E-state index contributed by atoms with van der Waals surface area (Å²) in [6, 6.07) is 60.4. The minimum Gasteiger partial charge on any atom is -0.435 e. The molecule has 0 atom stereocenters. The Labute approximate surface area is 284 Å². The minimum absolute atomic E-state index is 0.608. The summed E-state index contributed by atoms with van der Waals surface area (Å²) < 4.78 is 6.55. The third-order valence-electron chi connectivity index (χ3n) is 8.93. The van der Waals surface area contributed by atoms with E-state index in [1.807, 2.05) is 72.8 Å². The van der Waals surface area contributed by atoms with Crippen LogP contribution in [0.3, 0.4) is 0 Å². The summed E-state index contributed by atoms with van der Waals surface area (Å²) in [5.74, 6) is 1.28. The first-order valence-electron chi connectivity index (χ1n) is 16.4. The molecule has 9 aromatic rings. The molecule has 0 aliphatic carbocycles. The molecule has 0 saturated heterocycles. The molecule has 9 rings (SSSR count). The normalized spacial score (nSPS) is 11.3. The average Bonchev–Trinajstić information content (AvgIpc) is 3.64. The van der Waals surface area contributed by atoms with Crippen molar-refractivity contribution in [3.8, 4) is 67.6 Å². The van der Waals surface area contributed by atoms with Gasteiger partial charge in [0.1, 0.15) is 5.52 Å². The second-order valence-electron chi connectivity index (χ2n) is 12.0. The highest BCUT2D eigenvalue weighted by Gasteiger charge is 2.19. The summed E-state index contributed by atoms with van der Waals surface area (Å²) in [7, 11) is 0. The molecule has 0 bridgehead atoms. The molecular formula is C45H29N3O. The number of para-hydroxylation sites is 1. The first-order chi connectivity index (χ1) is 24.3. The molecule has 0 fully saturated rings. The first kappa shape index (κ1) is 28.6. The van der Waals surface area contributed by atoms with Crippen molar-refractivity contribution in [2.75, 3.05) is 0 Å². The number of fused-ring (bicyclic) bond motifs is 2. The Morgan fingerprint density at radius 3 is 1.69 bits per heavy atom. The van der Waals surface area contributed by atoms with Gasteiger partial charge in [0.2, 0.25) is 5.89 Å². The molecule has 0 aliphatic rings. The van der Waals surface area contributed by atoms with Crippen molar-refractivity contribution in [2.45, 2.75) is 0 Å². The van der Waals surface area contributed by atoms with Crippen LogP contribution < -0.4 is 0 Å². The molecule has 0 aliphatic heterocycles. The second-order valence-corrected chi connectivity index (χ2v) is 12.0. The highest BCUT2D eigenvalue weighted by molar-refractivity contribution is 6.09. The maximum Gasteiger partial charge on any atom is 0.227 e. The number of hydrogen-bond acceptors (Lipinski definition) is 4. The summed E-state index contributed by atoms with van der Waals surface area (Å²) in [5, 5.41) is 2.30. The molecule has 0 saturated carbocycles. The van der Waals surface area contributed by atoms with E-state index in [0.717, 1.165) is 77.8 Å². The van der Waals surface area contributed by atoms with Gasteiger partial charge in [0, 0.05) is 33.4 Å². The molecule has 0 spiro atoms. The fraction of sp³-hybridized carbons (Fsp3) is 0. The van der Waals surface area contributed by atoms with Gasteiger partial charge in [-0.3, -0.25) is 0 Å². The van der Waals surface area contributed by atoms with E-state index < -0.39 is 0 Å². The Bertz CT molecular complexity index is 2540. The molecule has 4 heteroatoms. The molecule has 0 N–H and O–H groups in total. The molecule has 7 aromatic carbocycles. The Kier molecular flexibility index (Phi) is 7.10. The summed E-state index contributed by atoms with van der Waals surface area (Å²) in [6.07, 6.45) is 0. The molecule has 2 aromatic heterocycles. The third-order valence-corrected chi connectivity index (χ3v) is 8.93. The lowest BCUT2D eigenvalue weighted by Crippen LogP contribution is -1.96. The predicted octanol–water partition coefficient (Wildman–Crippen LogP) is 11.8. The molecule has 49 heavy (non-hydrogen) atoms. The van der Waals surface area contributed by atoms with Gasteiger partial charge in [0.25, 0.3) is 0 Å². The molecule has 0 amide bonds. The maximum absolute atomic E-state index is 6.55. The SMILES string of the molecule is c1ccc(-c2cc(-c3ccccc3)nc(-c3cccc(-c4ccc5ccccc5c4-c4cccc5nc(-c6ccccc6)oc45)c3)n2)cc1. The molecule has 0 unspecified atom stereocenters. The quantitative estimate of drug-likeness (QED) is 0.184. The van der Waals surface area contributed by atoms with Crippen molar-refractivity contribution in [3.05, 3.63) is 176 Å². The molecular weight excluding hydrogens is 599 g/mol. The molecule has 4 nitrogen and oxygen atoms in total. The summed E-state index contributed by atoms with van der Waals surface area (Å²) in [5.41, 5.74) is 11.6. The second kappa shape index (κ2) is 12.2. The highest BCUT2D eigenvalue weighted by atomic mass is 16.3. The lowest BCUT2D eigenvalue weighted by Gasteiger charge is -2.15. The summed E-state index contributed by atoms with van der Waals surface area (Å²) >= 11 is 0. The molecule has 2 heterocycles. The Hall–Kier alpha value is -6.65. The fourth-order valence-electron chi connectivity index (χ4n) is 6.57. The van der Waals surface area contributed by atoms with E-state index in [0.29, 0.717) is 11.7 Å². The smallest absolute Gasteiger partial charge is 0.227 e. The van der Waals surface area contributed by atoms with Crippen LogP contribution in [0.25, 0.3) is 89.5 Å². The summed E-state index contributed by atoms with van der Waals surface area (Å²) in [6.45, 7) is 0. The topological polar surface area (TPSA) is 51.8 Å². The van der Waals surface area contributed by atoms with Crippen LogP contribution in [-0.2, 0) is 0 Å². The molecule has 0 radical (unpaired) electrons. The van der Waals surface area contributed by atoms with Gasteiger partial charge in [0.05, 0.1) is 11.4 Å². The summed E-state index contributed by atoms with van der Waals surface area (Å²) in [4.78, 5) is 15.1. The van der Waals surface area contributed by atoms with Crippen molar-refractivity contribution in [2.24, 2.45) is 0 Å². The fourth-order valence-corrected chi connectivity index (χ4v) is 6.57. The van der Waals surface area contributed by atoms with E-state index >= 15 is 0 Å². The van der Waals surface area contributed by atoms with Crippen LogP contribution >= 0.6 is 0 Å². The number of oxazole rings is 1. The Balaban J connectivity index is 1.24. The van der Waals surface area contributed by atoms with Crippen LogP contribution in [-0.4, -0.2) is 15.0 Å². The number of nitrogens with zero attached hydrogens (tertiary/aromatic N) is 3. The van der Waals surface area contributed by atoms with E-state index in [1.54, 1.807) is 0 Å². The first-order valence-corrected chi connectivity index (χ1v) is 16.4. The number of benzene rings is 7. The van der Waals surface area contributed by atoms with Crippen molar-refractivity contribution in [1.82, 2.24) is 15.0 Å². The van der Waals surface area contributed by atoms with Gasteiger partial charge in [-0.25, -0.2) is 15.0 Å². The lowest BCUT2D eigenvalue weighted by molar-refractivity contribution is 0.621. The molecule has 230 valence electrons. The van der Waals surface area contributed by atoms with E-state index in [-0.39, 0.29) is 0 Å². The number of aromatic nitrogens is 3. The Morgan fingerprint density at radius 1 is 0.388 bits per heavy atom. The monoisotopic (exact) mass is 627 g/mol. The van der Waals surface area contributed by atoms with Crippen LogP contribution in [0.2, 0.25) is 0 Å². The van der Waals surface area contributed by atoms with Crippen molar-refractivity contribution >= 4 is 21.9 Å². The highest BCUT2D eigenvalue weighted by Crippen LogP contribution is 2.43. The van der Waals surface area contributed by atoms with Gasteiger partial charge in [-0.1, -0.05) is 146 Å². The number of rotatable bonds is 6. The van der Waals surface area contributed by atoms with Gasteiger partial charge in [0.15, 0.2) is 11.4 Å². The average molecular weight is 628 g/mol. The zero-order valence-electron chi connectivity index (χ0n) is 26.5. The van der Waals surface area contributed by atoms with Crippen molar-refractivity contribution < 1.29 is 4.42 Å². The number of hydrogen-bond donors (Lipinski definition) is 0. The van der Waals surface area contributed by atoms with Gasteiger partial charge >= 0.3 is 0 Å². The van der Waals surface area contributed by atoms with Crippen molar-refractivity contribution in [1.29, 1.82) is 0 Å². The third kappa shape index (κ3) is 5.35. The van der Waals surface area contributed by atoms with Gasteiger partial charge < -0.3 is 4.42 Å². The van der Waals surface area contributed by atoms with Crippen LogP contribution in [0.1, 0.15) is 0 Å². The standard InChI is InChI=1S/C45H29N3O/c1-4-15-31(16-5-1)40-29-41(32-17-6-2-7-18-32)47-44(46-40)35-22-12-21-34(28-35)37-27-26-30-14-10-11-23-36(30)42(37)38-24-13-25-39-43(38)49-45(48-39)33-19-8-3-9-20-33/h1-29H. The zero-order chi connectivity index (χ0) is 32.6. The van der Waals surface area contributed by atoms with Gasteiger partial charge in [-0.15, -0.1) is 0 Å². The van der Waals surface area contributed by atoms with Crippen molar-refractivity contribution in [3.63, 3.8) is 0 Å². The van der Waals surface area contributed by atoms with Crippen LogP contribution in [0.5, 0.6) is 0 Å². The van der Waals surface area contributed by atoms with Gasteiger partial charge in [-0.05, 0) is 52.2 Å². The Morgan fingerprint density at radius 2 is 0.980 bits per heavy atom. The van der Waals surface area contributed by atoms with E-state index in [4.69, 9.17) is 19.4 Å². The lowest BCUT2D eigenvalue weighted by atomic mass is 9.89.